The summed E-state index contributed by atoms with van der Waals surface area (Å²) < 4.78 is 1.16. The zero-order valence-electron chi connectivity index (χ0n) is 10.3. The van der Waals surface area contributed by atoms with Crippen molar-refractivity contribution in [1.82, 2.24) is 0 Å². The SMILES string of the molecule is O=[N+]([O-])c1cc([I+]c2ccccc2)c(O)c([N+](=O)[O-])c1.[Cl-]. The first-order valence-electron chi connectivity index (χ1n) is 5.34. The predicted octanol–water partition coefficient (Wildman–Crippen LogP) is -3.66. The molecule has 0 radical (unpaired) electrons. The van der Waals surface area contributed by atoms with Crippen LogP contribution in [0.2, 0.25) is 0 Å². The van der Waals surface area contributed by atoms with Gasteiger partial charge in [0.25, 0.3) is 5.69 Å². The molecule has 0 atom stereocenters. The summed E-state index contributed by atoms with van der Waals surface area (Å²) in [4.78, 5) is 20.1. The van der Waals surface area contributed by atoms with E-state index >= 15 is 0 Å². The molecule has 0 fully saturated rings. The van der Waals surface area contributed by atoms with Gasteiger partial charge in [0.1, 0.15) is 0 Å². The molecule has 2 aromatic carbocycles. The van der Waals surface area contributed by atoms with E-state index < -0.39 is 42.5 Å². The Morgan fingerprint density at radius 3 is 2.14 bits per heavy atom. The third-order valence-corrected chi connectivity index (χ3v) is 5.12. The Labute approximate surface area is 135 Å². The molecule has 0 amide bonds. The van der Waals surface area contributed by atoms with Gasteiger partial charge in [0.05, 0.1) is 22.0 Å². The van der Waals surface area contributed by atoms with Crippen molar-refractivity contribution in [2.75, 3.05) is 0 Å². The van der Waals surface area contributed by atoms with Crippen LogP contribution in [0.15, 0.2) is 42.5 Å². The Morgan fingerprint density at radius 2 is 1.62 bits per heavy atom. The fourth-order valence-electron chi connectivity index (χ4n) is 1.48. The number of halogens is 2. The number of aromatic hydroxyl groups is 1. The number of phenolic OH excluding ortho intramolecular Hbond substituents is 1. The number of nitro groups is 2. The summed E-state index contributed by atoms with van der Waals surface area (Å²) in [5.74, 6) is -0.489. The van der Waals surface area contributed by atoms with Crippen molar-refractivity contribution in [3.05, 3.63) is 69.8 Å². The highest BCUT2D eigenvalue weighted by Gasteiger charge is 2.31. The van der Waals surface area contributed by atoms with Gasteiger partial charge in [-0.05, 0) is 12.1 Å². The van der Waals surface area contributed by atoms with Gasteiger partial charge in [-0.3, -0.25) is 20.2 Å². The van der Waals surface area contributed by atoms with E-state index in [1.165, 1.54) is 6.07 Å². The van der Waals surface area contributed by atoms with E-state index in [0.717, 1.165) is 9.64 Å². The first kappa shape index (κ1) is 17.1. The summed E-state index contributed by atoms with van der Waals surface area (Å²) in [6.45, 7) is 0. The lowest BCUT2D eigenvalue weighted by molar-refractivity contribution is -0.599. The largest absolute Gasteiger partial charge is 1.00 e. The zero-order chi connectivity index (χ0) is 14.7. The standard InChI is InChI=1S/C12H7IN2O5.ClH/c16-12-10(13-8-4-2-1-3-5-8)6-9(14(17)18)7-11(12)15(19)20;/h1-7H;1H. The van der Waals surface area contributed by atoms with Crippen LogP contribution in [0.5, 0.6) is 5.75 Å². The van der Waals surface area contributed by atoms with Crippen LogP contribution in [0, 0.1) is 27.4 Å². The predicted molar refractivity (Wildman–Crippen MR) is 65.3 cm³/mol. The smallest absolute Gasteiger partial charge is 0.362 e. The number of nitro benzene ring substituents is 2. The minimum atomic E-state index is -0.937. The van der Waals surface area contributed by atoms with Crippen molar-refractivity contribution >= 4 is 11.4 Å². The molecule has 0 aliphatic heterocycles. The van der Waals surface area contributed by atoms with Gasteiger partial charge in [-0.1, -0.05) is 18.2 Å². The van der Waals surface area contributed by atoms with Gasteiger partial charge in [-0.2, -0.15) is 0 Å². The number of non-ortho nitro benzene ring substituents is 1. The third-order valence-electron chi connectivity index (χ3n) is 2.38. The summed E-state index contributed by atoms with van der Waals surface area (Å²) in [6.07, 6.45) is 0. The van der Waals surface area contributed by atoms with Gasteiger partial charge in [-0.25, -0.2) is 0 Å². The average molecular weight is 423 g/mol. The number of hydrogen-bond donors (Lipinski definition) is 1. The van der Waals surface area contributed by atoms with E-state index in [9.17, 15) is 25.3 Å². The fourth-order valence-corrected chi connectivity index (χ4v) is 3.93. The number of nitrogens with zero attached hydrogens (tertiary/aromatic N) is 2. The average Bonchev–Trinajstić information content (AvgIpc) is 2.41. The number of phenols is 1. The molecule has 2 aromatic rings. The second-order valence-electron chi connectivity index (χ2n) is 3.70. The molecule has 2 rings (SSSR count). The Hall–Kier alpha value is -1.94. The summed E-state index contributed by atoms with van der Waals surface area (Å²) in [6, 6.07) is 11.0. The number of hydrogen-bond acceptors (Lipinski definition) is 5. The molecular weight excluding hydrogens is 414 g/mol. The first-order chi connectivity index (χ1) is 9.49. The van der Waals surface area contributed by atoms with Crippen molar-refractivity contribution in [3.8, 4) is 5.75 Å². The molecule has 21 heavy (non-hydrogen) atoms. The van der Waals surface area contributed by atoms with Crippen molar-refractivity contribution in [3.63, 3.8) is 0 Å². The Balaban J connectivity index is 0.00000220. The lowest BCUT2D eigenvalue weighted by Gasteiger charge is -1.96. The Morgan fingerprint density at radius 1 is 1.00 bits per heavy atom. The molecule has 0 saturated heterocycles. The van der Waals surface area contributed by atoms with Crippen LogP contribution < -0.4 is 33.6 Å². The van der Waals surface area contributed by atoms with Gasteiger partial charge >= 0.3 is 26.9 Å². The van der Waals surface area contributed by atoms with Crippen LogP contribution in [0.25, 0.3) is 0 Å². The highest BCUT2D eigenvalue weighted by atomic mass is 127. The van der Waals surface area contributed by atoms with E-state index in [0.29, 0.717) is 0 Å². The van der Waals surface area contributed by atoms with Crippen LogP contribution >= 0.6 is 0 Å². The molecule has 9 heteroatoms. The van der Waals surface area contributed by atoms with Crippen molar-refractivity contribution in [2.45, 2.75) is 0 Å². The maximum atomic E-state index is 10.8. The van der Waals surface area contributed by atoms with Crippen LogP contribution in [-0.2, 0) is 0 Å². The van der Waals surface area contributed by atoms with Crippen LogP contribution in [0.4, 0.5) is 11.4 Å². The van der Waals surface area contributed by atoms with Crippen molar-refractivity contribution in [1.29, 1.82) is 0 Å². The molecule has 0 bridgehead atoms. The van der Waals surface area contributed by atoms with E-state index in [1.54, 1.807) is 12.1 Å². The second kappa shape index (κ2) is 7.18. The van der Waals surface area contributed by atoms with E-state index in [-0.39, 0.29) is 21.7 Å². The molecule has 0 spiro atoms. The summed E-state index contributed by atoms with van der Waals surface area (Å²) in [7, 11) is 0. The van der Waals surface area contributed by atoms with E-state index in [4.69, 9.17) is 0 Å². The quantitative estimate of drug-likeness (QED) is 0.311. The van der Waals surface area contributed by atoms with Crippen molar-refractivity contribution in [2.24, 2.45) is 0 Å². The molecular formula is C12H8ClIN2O5. The summed E-state index contributed by atoms with van der Waals surface area (Å²) in [5, 5.41) is 31.5. The molecule has 7 nitrogen and oxygen atoms in total. The fraction of sp³-hybridized carbons (Fsp3) is 0. The monoisotopic (exact) mass is 422 g/mol. The maximum Gasteiger partial charge on any atom is 0.362 e. The lowest BCUT2D eigenvalue weighted by atomic mass is 10.2. The molecule has 110 valence electrons. The first-order valence-corrected chi connectivity index (χ1v) is 7.50. The molecule has 1 N–H and O–H groups in total. The summed E-state index contributed by atoms with van der Waals surface area (Å²) >= 11 is -0.937. The van der Waals surface area contributed by atoms with Crippen LogP contribution in [0.3, 0.4) is 0 Å². The summed E-state index contributed by atoms with van der Waals surface area (Å²) in [5.41, 5.74) is -1.02. The van der Waals surface area contributed by atoms with Crippen LogP contribution in [0.1, 0.15) is 0 Å². The number of benzene rings is 2. The van der Waals surface area contributed by atoms with Gasteiger partial charge in [0, 0.05) is 0 Å². The highest BCUT2D eigenvalue weighted by molar-refractivity contribution is 5.52. The normalized spacial score (nSPS) is 9.71. The Kier molecular flexibility index (Phi) is 5.85. The topological polar surface area (TPSA) is 107 Å². The molecule has 0 saturated carbocycles. The van der Waals surface area contributed by atoms with Gasteiger partial charge in [0.15, 0.2) is 3.57 Å². The molecule has 0 aliphatic rings. The second-order valence-corrected chi connectivity index (χ2v) is 6.65. The van der Waals surface area contributed by atoms with E-state index in [1.807, 2.05) is 18.2 Å². The molecule has 0 aromatic heterocycles. The van der Waals surface area contributed by atoms with Gasteiger partial charge < -0.3 is 17.5 Å². The zero-order valence-corrected chi connectivity index (χ0v) is 13.2. The number of rotatable bonds is 4. The minimum Gasteiger partial charge on any atom is -1.00 e. The van der Waals surface area contributed by atoms with Gasteiger partial charge in [0.2, 0.25) is 9.32 Å². The molecule has 0 aliphatic carbocycles. The minimum absolute atomic E-state index is 0. The van der Waals surface area contributed by atoms with E-state index in [2.05, 4.69) is 0 Å². The molecule has 0 unspecified atom stereocenters. The lowest BCUT2D eigenvalue weighted by Crippen LogP contribution is -3.61. The van der Waals surface area contributed by atoms with Crippen molar-refractivity contribution < 1.29 is 48.6 Å². The van der Waals surface area contributed by atoms with Crippen LogP contribution in [-0.4, -0.2) is 15.0 Å². The maximum absolute atomic E-state index is 10.8. The molecule has 0 heterocycles. The van der Waals surface area contributed by atoms with Gasteiger partial charge in [-0.15, -0.1) is 0 Å². The Bertz CT molecular complexity index is 681. The third kappa shape index (κ3) is 4.02. The highest BCUT2D eigenvalue weighted by Crippen LogP contribution is 2.29.